The molecule has 0 aliphatic carbocycles. The second-order valence-electron chi connectivity index (χ2n) is 24.3. The summed E-state index contributed by atoms with van der Waals surface area (Å²) in [5, 5.41) is 60.2. The van der Waals surface area contributed by atoms with Crippen LogP contribution in [0.5, 0.6) is 11.5 Å². The van der Waals surface area contributed by atoms with Gasteiger partial charge in [0.1, 0.15) is 35.8 Å². The average molecular weight is 1160 g/mol. The zero-order valence-corrected chi connectivity index (χ0v) is 50.2. The highest BCUT2D eigenvalue weighted by Crippen LogP contribution is 2.29. The zero-order valence-electron chi connectivity index (χ0n) is 48.6. The lowest BCUT2D eigenvalue weighted by Gasteiger charge is -2.35. The minimum absolute atomic E-state index is 0.0314. The number of rotatable bonds is 25. The van der Waals surface area contributed by atoms with Crippen LogP contribution in [-0.4, -0.2) is 118 Å². The first-order valence-corrected chi connectivity index (χ1v) is 31.2. The van der Waals surface area contributed by atoms with Gasteiger partial charge in [-0.25, -0.2) is 16.8 Å². The molecule has 0 bridgehead atoms. The molecule has 0 radical (unpaired) electrons. The quantitative estimate of drug-likeness (QED) is 0.0281. The summed E-state index contributed by atoms with van der Waals surface area (Å²) >= 11 is 0. The Morgan fingerprint density at radius 1 is 0.427 bits per heavy atom. The molecule has 8 atom stereocenters. The number of aliphatic hydroxyl groups excluding tert-OH is 2. The van der Waals surface area contributed by atoms with Crippen LogP contribution in [0.1, 0.15) is 91.5 Å². The summed E-state index contributed by atoms with van der Waals surface area (Å²) < 4.78 is 52.9. The Hall–Kier alpha value is -6.86. The normalized spacial score (nSPS) is 15.4. The molecule has 4 amide bonds. The van der Waals surface area contributed by atoms with Crippen LogP contribution in [0.2, 0.25) is 0 Å². The van der Waals surface area contributed by atoms with Crippen molar-refractivity contribution >= 4 is 64.8 Å². The number of aliphatic hydroxyl groups is 2. The molecule has 0 aliphatic heterocycles. The number of phenolic OH excluding ortho intramolecular Hbond substituents is 2. The molecule has 0 unspecified atom stereocenters. The molecular formula is C64H82N4O12S2. The number of fused-ring (bicyclic) bond motifs is 2. The fourth-order valence-electron chi connectivity index (χ4n) is 9.88. The number of carbonyl (C=O) groups is 4. The van der Waals surface area contributed by atoms with Crippen molar-refractivity contribution in [3.63, 3.8) is 0 Å². The van der Waals surface area contributed by atoms with E-state index in [9.17, 15) is 56.4 Å². The molecule has 18 heteroatoms. The fraction of sp³-hybridized carbons (Fsp3) is 0.438. The van der Waals surface area contributed by atoms with Crippen molar-refractivity contribution in [1.82, 2.24) is 21.3 Å². The Bertz CT molecular complexity index is 3170. The van der Waals surface area contributed by atoms with Gasteiger partial charge in [-0.2, -0.15) is 0 Å². The summed E-state index contributed by atoms with van der Waals surface area (Å²) in [5.41, 5.74) is 2.50. The Morgan fingerprint density at radius 2 is 0.744 bits per heavy atom. The average Bonchev–Trinajstić information content (AvgIpc) is 3.39. The van der Waals surface area contributed by atoms with Crippen LogP contribution in [0, 0.1) is 23.7 Å². The van der Waals surface area contributed by atoms with Crippen LogP contribution >= 0.6 is 0 Å². The molecule has 8 N–H and O–H groups in total. The lowest BCUT2D eigenvalue weighted by Crippen LogP contribution is -2.62. The molecule has 0 fully saturated rings. The van der Waals surface area contributed by atoms with Crippen molar-refractivity contribution < 1.29 is 56.4 Å². The Balaban J connectivity index is 1.31. The Labute approximate surface area is 483 Å². The molecule has 16 nitrogen and oxygen atoms in total. The topological polar surface area (TPSA) is 266 Å². The van der Waals surface area contributed by atoms with E-state index in [0.29, 0.717) is 11.1 Å². The van der Waals surface area contributed by atoms with Gasteiger partial charge in [0.15, 0.2) is 19.7 Å². The smallest absolute Gasteiger partial charge is 0.243 e. The van der Waals surface area contributed by atoms with Crippen molar-refractivity contribution in [2.24, 2.45) is 23.7 Å². The molecule has 0 aromatic heterocycles. The number of hydrogen-bond acceptors (Lipinski definition) is 12. The highest BCUT2D eigenvalue weighted by atomic mass is 32.2. The van der Waals surface area contributed by atoms with E-state index in [1.165, 1.54) is 24.3 Å². The molecule has 82 heavy (non-hydrogen) atoms. The fourth-order valence-corrected chi connectivity index (χ4v) is 12.5. The van der Waals surface area contributed by atoms with E-state index in [1.54, 1.807) is 93.5 Å². The largest absolute Gasteiger partial charge is 0.508 e. The highest BCUT2D eigenvalue weighted by Gasteiger charge is 2.41. The second kappa shape index (κ2) is 27.0. The molecule has 0 saturated carbocycles. The van der Waals surface area contributed by atoms with E-state index in [2.05, 4.69) is 21.3 Å². The number of phenols is 2. The van der Waals surface area contributed by atoms with Gasteiger partial charge in [-0.3, -0.25) is 19.2 Å². The van der Waals surface area contributed by atoms with Crippen LogP contribution in [0.25, 0.3) is 21.5 Å². The first-order valence-electron chi connectivity index (χ1n) is 27.9. The van der Waals surface area contributed by atoms with Gasteiger partial charge in [-0.1, -0.05) is 137 Å². The Kier molecular flexibility index (Phi) is 21.2. The highest BCUT2D eigenvalue weighted by molar-refractivity contribution is 7.93. The third-order valence-corrected chi connectivity index (χ3v) is 20.7. The molecule has 6 aromatic carbocycles. The predicted octanol–water partition coefficient (Wildman–Crippen LogP) is 7.31. The van der Waals surface area contributed by atoms with Crippen LogP contribution in [0.4, 0.5) is 0 Å². The van der Waals surface area contributed by atoms with Crippen LogP contribution in [0.15, 0.2) is 133 Å². The summed E-state index contributed by atoms with van der Waals surface area (Å²) in [6, 6.07) is 32.9. The number of hydrogen-bond donors (Lipinski definition) is 8. The lowest BCUT2D eigenvalue weighted by atomic mass is 9.90. The molecule has 6 rings (SSSR count). The maximum absolute atomic E-state index is 14.8. The van der Waals surface area contributed by atoms with E-state index in [4.69, 9.17) is 0 Å². The molecule has 0 spiro atoms. The van der Waals surface area contributed by atoms with Gasteiger partial charge in [0.2, 0.25) is 23.6 Å². The minimum Gasteiger partial charge on any atom is -0.508 e. The predicted molar refractivity (Wildman–Crippen MR) is 322 cm³/mol. The van der Waals surface area contributed by atoms with Gasteiger partial charge in [0.25, 0.3) is 0 Å². The van der Waals surface area contributed by atoms with Crippen molar-refractivity contribution in [3.8, 4) is 11.5 Å². The van der Waals surface area contributed by atoms with Gasteiger partial charge in [0, 0.05) is 0 Å². The van der Waals surface area contributed by atoms with Crippen molar-refractivity contribution in [3.05, 3.63) is 156 Å². The number of nitrogens with one attached hydrogen (secondary N) is 4. The van der Waals surface area contributed by atoms with Gasteiger partial charge in [0.05, 0.1) is 44.9 Å². The lowest BCUT2D eigenvalue weighted by molar-refractivity contribution is -0.134. The van der Waals surface area contributed by atoms with Crippen LogP contribution in [-0.2, 0) is 64.5 Å². The minimum atomic E-state index is -3.89. The van der Waals surface area contributed by atoms with Gasteiger partial charge in [-0.05, 0) is 147 Å². The monoisotopic (exact) mass is 1160 g/mol. The van der Waals surface area contributed by atoms with Gasteiger partial charge >= 0.3 is 0 Å². The van der Waals surface area contributed by atoms with Crippen LogP contribution in [0.3, 0.4) is 0 Å². The van der Waals surface area contributed by atoms with Gasteiger partial charge < -0.3 is 41.7 Å². The van der Waals surface area contributed by atoms with E-state index < -0.39 is 124 Å². The molecule has 6 aromatic rings. The molecule has 0 heterocycles. The van der Waals surface area contributed by atoms with E-state index >= 15 is 0 Å². The summed E-state index contributed by atoms with van der Waals surface area (Å²) in [7, 11) is -7.77. The maximum Gasteiger partial charge on any atom is 0.243 e. The van der Waals surface area contributed by atoms with Crippen LogP contribution < -0.4 is 21.3 Å². The summed E-state index contributed by atoms with van der Waals surface area (Å²) in [4.78, 5) is 58.7. The standard InChI is InChI=1S/C64H82N4O12S2/c1-39(2)55(67-59(73)47(37-81(77,78)63(5,6)7)35-45-21-15-19-43-17-11-13-23-51(43)45)61(75)65-53(33-41-25-29-49(69)30-26-41)57(71)58(72)54(34-42-27-31-50(70)32-28-42)66-62(76)56(40(3)4)68-60(74)48(38-82(79,80)64(8,9)10)36-46-22-16-20-44-18-12-14-24-52(44)46/h11-32,39-40,47-48,53-58,69-72H,33-38H2,1-10H3,(H,65,75)(H,66,76)(H,67,73)(H,68,74)/t47-,48-,53+,54+,55+,56+,57-,58-/m1/s1. The number of aromatic hydroxyl groups is 2. The first-order chi connectivity index (χ1) is 38.3. The summed E-state index contributed by atoms with van der Waals surface area (Å²) in [6.45, 7) is 16.1. The van der Waals surface area contributed by atoms with E-state index in [0.717, 1.165) is 32.7 Å². The van der Waals surface area contributed by atoms with Gasteiger partial charge in [-0.15, -0.1) is 0 Å². The molecule has 0 saturated heterocycles. The molecular weight excluding hydrogens is 1080 g/mol. The molecule has 0 aliphatic rings. The Morgan fingerprint density at radius 3 is 1.06 bits per heavy atom. The van der Waals surface area contributed by atoms with Crippen molar-refractivity contribution in [2.75, 3.05) is 11.5 Å². The zero-order chi connectivity index (χ0) is 60.5. The second-order valence-corrected chi connectivity index (χ2v) is 29.9. The van der Waals surface area contributed by atoms with Crippen molar-refractivity contribution in [1.29, 1.82) is 0 Å². The van der Waals surface area contributed by atoms with Crippen molar-refractivity contribution in [2.45, 2.75) is 141 Å². The van der Waals surface area contributed by atoms with E-state index in [-0.39, 0.29) is 37.2 Å². The first kappa shape index (κ1) is 64.3. The maximum atomic E-state index is 14.8. The number of sulfone groups is 2. The SMILES string of the molecule is CC(C)[C@H](NC(=O)[C@H](Cc1cccc2ccccc12)CS(=O)(=O)C(C)(C)C)C(=O)N[C@@H](Cc1ccc(O)cc1)[C@@H](O)[C@H](O)[C@H](Cc1ccc(O)cc1)NC(=O)[C@@H](NC(=O)[C@H](Cc1cccc2ccccc12)CS(=O)(=O)C(C)(C)C)C(C)C. The third-order valence-electron chi connectivity index (χ3n) is 15.2. The number of benzene rings is 6. The number of amides is 4. The summed E-state index contributed by atoms with van der Waals surface area (Å²) in [5.74, 6) is -7.54. The van der Waals surface area contributed by atoms with E-state index in [1.807, 2.05) is 84.9 Å². The third kappa shape index (κ3) is 16.7. The number of carbonyl (C=O) groups excluding carboxylic acids is 4. The summed E-state index contributed by atoms with van der Waals surface area (Å²) in [6.07, 6.45) is -3.97. The molecule has 442 valence electrons.